The lowest BCUT2D eigenvalue weighted by atomic mass is 10.0. The van der Waals surface area contributed by atoms with E-state index in [1.807, 2.05) is 27.2 Å². The number of carbonyl (C=O) groups is 1. The number of nitrogens with one attached hydrogen (secondary N) is 1. The first-order chi connectivity index (χ1) is 35.5. The lowest BCUT2D eigenvalue weighted by Crippen LogP contribution is -2.45. The van der Waals surface area contributed by atoms with Gasteiger partial charge in [-0.2, -0.15) is 0 Å². The van der Waals surface area contributed by atoms with E-state index in [1.165, 1.54) is 199 Å². The van der Waals surface area contributed by atoms with Crippen LogP contribution in [0, 0.1) is 0 Å². The van der Waals surface area contributed by atoms with Crippen molar-refractivity contribution in [1.29, 1.82) is 0 Å². The molecule has 0 aliphatic heterocycles. The van der Waals surface area contributed by atoms with Gasteiger partial charge in [0.15, 0.2) is 0 Å². The van der Waals surface area contributed by atoms with Crippen LogP contribution < -0.4 is 5.32 Å². The number of rotatable bonds is 57. The number of carbonyl (C=O) groups excluding carboxylic acids is 1. The van der Waals surface area contributed by atoms with Crippen LogP contribution in [0.5, 0.6) is 0 Å². The number of likely N-dealkylation sites (N-methyl/N-ethyl adjacent to an activating group) is 1. The third kappa shape index (κ3) is 57.7. The Morgan fingerprint density at radius 2 is 0.822 bits per heavy atom. The topological polar surface area (TPSA) is 105 Å². The van der Waals surface area contributed by atoms with Crippen LogP contribution in [0.25, 0.3) is 0 Å². The van der Waals surface area contributed by atoms with Gasteiger partial charge in [0.25, 0.3) is 0 Å². The molecule has 0 saturated carbocycles. The predicted molar refractivity (Wildman–Crippen MR) is 318 cm³/mol. The van der Waals surface area contributed by atoms with Crippen molar-refractivity contribution in [2.45, 2.75) is 302 Å². The Hall–Kier alpha value is -1.80. The Bertz CT molecular complexity index is 1370. The zero-order valence-corrected chi connectivity index (χ0v) is 49.8. The van der Waals surface area contributed by atoms with Gasteiger partial charge >= 0.3 is 7.82 Å². The molecule has 3 unspecified atom stereocenters. The molecule has 3 atom stereocenters. The Morgan fingerprint density at radius 1 is 0.479 bits per heavy atom. The smallest absolute Gasteiger partial charge is 0.387 e. The van der Waals surface area contributed by atoms with Crippen molar-refractivity contribution in [3.05, 3.63) is 60.8 Å². The van der Waals surface area contributed by atoms with Crippen molar-refractivity contribution in [1.82, 2.24) is 5.32 Å². The normalized spacial score (nSPS) is 14.2. The summed E-state index contributed by atoms with van der Waals surface area (Å²) < 4.78 is 23.8. The van der Waals surface area contributed by atoms with Crippen molar-refractivity contribution in [2.24, 2.45) is 0 Å². The first-order valence-corrected chi connectivity index (χ1v) is 32.7. The Labute approximate surface area is 453 Å². The highest BCUT2D eigenvalue weighted by molar-refractivity contribution is 7.47. The number of aliphatic hydroxyl groups excluding tert-OH is 1. The summed E-state index contributed by atoms with van der Waals surface area (Å²) in [5.74, 6) is -0.184. The van der Waals surface area contributed by atoms with Crippen LogP contribution in [0.4, 0.5) is 0 Å². The van der Waals surface area contributed by atoms with Crippen molar-refractivity contribution < 1.29 is 32.9 Å². The molecule has 0 aliphatic rings. The molecule has 0 rings (SSSR count). The predicted octanol–water partition coefficient (Wildman–Crippen LogP) is 19.3. The van der Waals surface area contributed by atoms with E-state index in [9.17, 15) is 19.4 Å². The summed E-state index contributed by atoms with van der Waals surface area (Å²) in [4.78, 5) is 23.3. The van der Waals surface area contributed by atoms with Gasteiger partial charge in [-0.3, -0.25) is 13.8 Å². The van der Waals surface area contributed by atoms with Crippen molar-refractivity contribution in [3.8, 4) is 0 Å². The van der Waals surface area contributed by atoms with Gasteiger partial charge in [0, 0.05) is 6.42 Å². The molecule has 73 heavy (non-hydrogen) atoms. The second-order valence-electron chi connectivity index (χ2n) is 22.4. The number of hydrogen-bond acceptors (Lipinski definition) is 5. The number of quaternary nitrogens is 1. The van der Waals surface area contributed by atoms with E-state index in [2.05, 4.69) is 67.8 Å². The molecule has 428 valence electrons. The summed E-state index contributed by atoms with van der Waals surface area (Å²) >= 11 is 0. The summed E-state index contributed by atoms with van der Waals surface area (Å²) in [6.45, 7) is 4.73. The van der Waals surface area contributed by atoms with Gasteiger partial charge in [0.1, 0.15) is 13.2 Å². The van der Waals surface area contributed by atoms with Gasteiger partial charge < -0.3 is 19.8 Å². The average Bonchev–Trinajstić information content (AvgIpc) is 3.35. The Kier molecular flexibility index (Phi) is 53.6. The molecule has 0 saturated heterocycles. The van der Waals surface area contributed by atoms with Crippen molar-refractivity contribution >= 4 is 13.7 Å². The molecule has 9 heteroatoms. The van der Waals surface area contributed by atoms with E-state index < -0.39 is 20.0 Å². The fourth-order valence-corrected chi connectivity index (χ4v) is 9.89. The molecular weight excluding hydrogens is 924 g/mol. The van der Waals surface area contributed by atoms with Crippen LogP contribution in [0.1, 0.15) is 290 Å². The van der Waals surface area contributed by atoms with Gasteiger partial charge in [0.2, 0.25) is 5.91 Å². The van der Waals surface area contributed by atoms with Gasteiger partial charge in [-0.25, -0.2) is 4.57 Å². The number of allylic oxidation sites excluding steroid dienone is 9. The molecule has 0 fully saturated rings. The average molecular weight is 1050 g/mol. The first-order valence-electron chi connectivity index (χ1n) is 31.2. The van der Waals surface area contributed by atoms with Crippen LogP contribution in [0.2, 0.25) is 0 Å². The molecule has 0 spiro atoms. The summed E-state index contributed by atoms with van der Waals surface area (Å²) in [6.07, 6.45) is 74.8. The van der Waals surface area contributed by atoms with Gasteiger partial charge in [-0.15, -0.1) is 0 Å². The monoisotopic (exact) mass is 1050 g/mol. The van der Waals surface area contributed by atoms with Crippen molar-refractivity contribution in [3.63, 3.8) is 0 Å². The number of phosphoric ester groups is 1. The summed E-state index contributed by atoms with van der Waals surface area (Å²) in [7, 11) is 1.57. The van der Waals surface area contributed by atoms with E-state index in [4.69, 9.17) is 9.05 Å². The van der Waals surface area contributed by atoms with Crippen LogP contribution in [-0.4, -0.2) is 73.4 Å². The zero-order valence-electron chi connectivity index (χ0n) is 48.9. The van der Waals surface area contributed by atoms with Gasteiger partial charge in [0.05, 0.1) is 39.9 Å². The summed E-state index contributed by atoms with van der Waals surface area (Å²) in [5, 5.41) is 14.0. The van der Waals surface area contributed by atoms with Gasteiger partial charge in [-0.05, 0) is 57.8 Å². The van der Waals surface area contributed by atoms with E-state index >= 15 is 0 Å². The third-order valence-corrected chi connectivity index (χ3v) is 15.0. The van der Waals surface area contributed by atoms with Crippen LogP contribution in [-0.2, 0) is 18.4 Å². The number of nitrogens with zero attached hydrogens (tertiary/aromatic N) is 1. The molecule has 3 N–H and O–H groups in total. The van der Waals surface area contributed by atoms with E-state index in [0.717, 1.165) is 70.6 Å². The second-order valence-corrected chi connectivity index (χ2v) is 23.9. The van der Waals surface area contributed by atoms with Crippen LogP contribution in [0.3, 0.4) is 0 Å². The molecule has 0 aromatic heterocycles. The minimum absolute atomic E-state index is 0.0580. The van der Waals surface area contributed by atoms with E-state index in [0.29, 0.717) is 17.4 Å². The lowest BCUT2D eigenvalue weighted by Gasteiger charge is -2.25. The standard InChI is InChI=1S/C64H121N2O6P/c1-6-8-10-12-14-16-18-20-22-24-26-28-29-30-31-32-33-34-35-36-38-39-41-43-45-47-49-51-53-55-57-63(67)62(61-72-73(69,70)71-60-59-66(3,4)5)65-64(68)58-56-54-52-50-48-46-44-42-40-37-27-25-23-21-19-17-15-13-11-9-7-2/h9,11,15,17,21,23,27,37,55,57,62-63,67H,6-8,10,12-14,16,18-20,22,24-26,28-36,38-54,56,58-61H2,1-5H3,(H-,65,68,69,70)/p+1/b11-9-,17-15-,23-21-,37-27-,57-55+. The molecule has 0 aliphatic carbocycles. The third-order valence-electron chi connectivity index (χ3n) is 14.0. The number of hydrogen-bond donors (Lipinski definition) is 3. The molecule has 8 nitrogen and oxygen atoms in total. The van der Waals surface area contributed by atoms with Crippen molar-refractivity contribution in [2.75, 3.05) is 40.9 Å². The Morgan fingerprint density at radius 3 is 1.21 bits per heavy atom. The fourth-order valence-electron chi connectivity index (χ4n) is 9.15. The molecule has 0 radical (unpaired) electrons. The maximum atomic E-state index is 13.0. The molecule has 0 bridgehead atoms. The minimum Gasteiger partial charge on any atom is -0.387 e. The van der Waals surface area contributed by atoms with Crippen LogP contribution >= 0.6 is 7.82 Å². The minimum atomic E-state index is -4.35. The highest BCUT2D eigenvalue weighted by Gasteiger charge is 2.27. The Balaban J connectivity index is 4.14. The first kappa shape index (κ1) is 71.2. The SMILES string of the molecule is CC/C=C\C/C=C\C/C=C\C/C=C\CCCCCCCCCCC(=O)NC(COP(=O)(O)OCC[N+](C)(C)C)C(O)/C=C/CCCCCCCCCCCCCCCCCCCCCCCCCCCCCC. The maximum absolute atomic E-state index is 13.0. The summed E-state index contributed by atoms with van der Waals surface area (Å²) in [5.41, 5.74) is 0. The highest BCUT2D eigenvalue weighted by atomic mass is 31.2. The lowest BCUT2D eigenvalue weighted by molar-refractivity contribution is -0.870. The van der Waals surface area contributed by atoms with E-state index in [-0.39, 0.29) is 19.1 Å². The number of aliphatic hydroxyl groups is 1. The number of phosphoric acid groups is 1. The molecule has 0 aromatic rings. The second kappa shape index (κ2) is 55.0. The maximum Gasteiger partial charge on any atom is 0.472 e. The van der Waals surface area contributed by atoms with Gasteiger partial charge in [-0.1, -0.05) is 286 Å². The molecule has 0 heterocycles. The summed E-state index contributed by atoms with van der Waals surface area (Å²) in [6, 6.07) is -0.855. The number of unbranched alkanes of at least 4 members (excludes halogenated alkanes) is 36. The largest absolute Gasteiger partial charge is 0.472 e. The van der Waals surface area contributed by atoms with E-state index in [1.54, 1.807) is 6.08 Å². The molecule has 0 aromatic carbocycles. The number of amides is 1. The van der Waals surface area contributed by atoms with Crippen LogP contribution in [0.15, 0.2) is 60.8 Å². The molecular formula is C64H122N2O6P+. The molecule has 1 amide bonds. The highest BCUT2D eigenvalue weighted by Crippen LogP contribution is 2.43. The quantitative estimate of drug-likeness (QED) is 0.0243. The fraction of sp³-hybridized carbons (Fsp3) is 0.828. The zero-order chi connectivity index (χ0) is 53.5.